The van der Waals surface area contributed by atoms with Crippen LogP contribution in [0, 0.1) is 17.8 Å². The molecule has 2 aliphatic carbocycles. The average molecular weight is 273 g/mol. The first-order valence-corrected chi connectivity index (χ1v) is 7.73. The van der Waals surface area contributed by atoms with Crippen molar-refractivity contribution in [2.24, 2.45) is 17.8 Å². The van der Waals surface area contributed by atoms with Gasteiger partial charge in [-0.15, -0.1) is 0 Å². The zero-order valence-corrected chi connectivity index (χ0v) is 12.0. The van der Waals surface area contributed by atoms with Crippen LogP contribution in [0.2, 0.25) is 0 Å². The fourth-order valence-corrected chi connectivity index (χ4v) is 3.99. The molecule has 3 heteroatoms. The van der Waals surface area contributed by atoms with E-state index in [-0.39, 0.29) is 11.9 Å². The van der Waals surface area contributed by atoms with E-state index in [1.165, 1.54) is 24.8 Å². The summed E-state index contributed by atoms with van der Waals surface area (Å²) in [6.07, 6.45) is 3.64. The minimum absolute atomic E-state index is 0.00487. The minimum Gasteiger partial charge on any atom is -0.466 e. The molecule has 3 rings (SSSR count). The number of hydrogen-bond acceptors (Lipinski definition) is 3. The Balaban J connectivity index is 1.65. The Morgan fingerprint density at radius 3 is 2.75 bits per heavy atom. The molecule has 0 amide bonds. The Morgan fingerprint density at radius 2 is 2.00 bits per heavy atom. The van der Waals surface area contributed by atoms with Gasteiger partial charge in [0.05, 0.1) is 12.5 Å². The van der Waals surface area contributed by atoms with E-state index in [1.807, 2.05) is 13.0 Å². The summed E-state index contributed by atoms with van der Waals surface area (Å²) >= 11 is 0. The van der Waals surface area contributed by atoms with Gasteiger partial charge in [-0.2, -0.15) is 0 Å². The van der Waals surface area contributed by atoms with Crippen LogP contribution in [-0.2, 0) is 16.1 Å². The highest BCUT2D eigenvalue weighted by molar-refractivity contribution is 5.74. The standard InChI is InChI=1S/C17H23NO2/c1-2-20-17(19)15-13-8-9-14(10-13)16(15)18-11-12-6-4-3-5-7-12/h3-7,13-16,18H,2,8-11H2,1H3/t13-,14+,15+,16-/m0/s1. The summed E-state index contributed by atoms with van der Waals surface area (Å²) in [6.45, 7) is 3.21. The molecule has 0 spiro atoms. The van der Waals surface area contributed by atoms with Crippen LogP contribution in [0.3, 0.4) is 0 Å². The van der Waals surface area contributed by atoms with Crippen LogP contribution in [0.25, 0.3) is 0 Å². The van der Waals surface area contributed by atoms with E-state index in [2.05, 4.69) is 29.6 Å². The van der Waals surface area contributed by atoms with Crippen molar-refractivity contribution in [3.05, 3.63) is 35.9 Å². The van der Waals surface area contributed by atoms with Crippen LogP contribution in [0.4, 0.5) is 0 Å². The summed E-state index contributed by atoms with van der Waals surface area (Å²) in [6, 6.07) is 10.7. The van der Waals surface area contributed by atoms with E-state index in [9.17, 15) is 4.79 Å². The maximum Gasteiger partial charge on any atom is 0.310 e. The second-order valence-corrected chi connectivity index (χ2v) is 6.00. The lowest BCUT2D eigenvalue weighted by molar-refractivity contribution is -0.150. The third-order valence-corrected chi connectivity index (χ3v) is 4.86. The molecule has 0 saturated heterocycles. The summed E-state index contributed by atoms with van der Waals surface area (Å²) in [4.78, 5) is 12.2. The lowest BCUT2D eigenvalue weighted by Crippen LogP contribution is -2.44. The Hall–Kier alpha value is -1.35. The number of rotatable bonds is 5. The summed E-state index contributed by atoms with van der Waals surface area (Å²) in [7, 11) is 0. The molecule has 2 bridgehead atoms. The molecule has 108 valence electrons. The SMILES string of the molecule is CCOC(=O)[C@@H]1[C@H]2CC[C@H](C2)[C@@H]1NCc1ccccc1. The van der Waals surface area contributed by atoms with Gasteiger partial charge in [0.2, 0.25) is 0 Å². The fourth-order valence-electron chi connectivity index (χ4n) is 3.99. The third-order valence-electron chi connectivity index (χ3n) is 4.86. The van der Waals surface area contributed by atoms with Gasteiger partial charge in [0.1, 0.15) is 0 Å². The smallest absolute Gasteiger partial charge is 0.310 e. The second kappa shape index (κ2) is 5.96. The summed E-state index contributed by atoms with van der Waals surface area (Å²) < 4.78 is 5.28. The van der Waals surface area contributed by atoms with Gasteiger partial charge in [-0.25, -0.2) is 0 Å². The van der Waals surface area contributed by atoms with Gasteiger partial charge >= 0.3 is 5.97 Å². The van der Waals surface area contributed by atoms with E-state index in [0.717, 1.165) is 6.54 Å². The molecule has 0 radical (unpaired) electrons. The van der Waals surface area contributed by atoms with Crippen molar-refractivity contribution < 1.29 is 9.53 Å². The van der Waals surface area contributed by atoms with Crippen molar-refractivity contribution in [2.75, 3.05) is 6.61 Å². The molecule has 1 aromatic carbocycles. The summed E-state index contributed by atoms with van der Waals surface area (Å²) in [5.41, 5.74) is 1.28. The molecular weight excluding hydrogens is 250 g/mol. The normalized spacial score (nSPS) is 31.4. The molecule has 20 heavy (non-hydrogen) atoms. The number of benzene rings is 1. The first-order chi connectivity index (χ1) is 9.79. The second-order valence-electron chi connectivity index (χ2n) is 6.00. The number of esters is 1. The molecule has 2 saturated carbocycles. The highest BCUT2D eigenvalue weighted by atomic mass is 16.5. The van der Waals surface area contributed by atoms with Crippen molar-refractivity contribution in [2.45, 2.75) is 38.8 Å². The van der Waals surface area contributed by atoms with E-state index in [0.29, 0.717) is 24.5 Å². The highest BCUT2D eigenvalue weighted by Gasteiger charge is 2.51. The lowest BCUT2D eigenvalue weighted by Gasteiger charge is -2.30. The van der Waals surface area contributed by atoms with E-state index >= 15 is 0 Å². The number of nitrogens with one attached hydrogen (secondary N) is 1. The van der Waals surface area contributed by atoms with Gasteiger partial charge in [-0.1, -0.05) is 30.3 Å². The number of fused-ring (bicyclic) bond motifs is 2. The van der Waals surface area contributed by atoms with Crippen molar-refractivity contribution >= 4 is 5.97 Å². The molecule has 0 unspecified atom stereocenters. The summed E-state index contributed by atoms with van der Waals surface area (Å²) in [5.74, 6) is 1.26. The topological polar surface area (TPSA) is 38.3 Å². The van der Waals surface area contributed by atoms with Crippen LogP contribution in [0.15, 0.2) is 30.3 Å². The lowest BCUT2D eigenvalue weighted by atomic mass is 9.84. The maximum absolute atomic E-state index is 12.2. The Kier molecular flexibility index (Phi) is 4.06. The van der Waals surface area contributed by atoms with Crippen LogP contribution >= 0.6 is 0 Å². The highest BCUT2D eigenvalue weighted by Crippen LogP contribution is 2.49. The minimum atomic E-state index is 0.00487. The first kappa shape index (κ1) is 13.6. The van der Waals surface area contributed by atoms with Gasteiger partial charge in [0.25, 0.3) is 0 Å². The van der Waals surface area contributed by atoms with E-state index < -0.39 is 0 Å². The molecule has 4 atom stereocenters. The van der Waals surface area contributed by atoms with Crippen LogP contribution < -0.4 is 5.32 Å². The quantitative estimate of drug-likeness (QED) is 0.838. The van der Waals surface area contributed by atoms with Gasteiger partial charge in [-0.05, 0) is 43.6 Å². The van der Waals surface area contributed by atoms with Crippen LogP contribution in [-0.4, -0.2) is 18.6 Å². The number of ether oxygens (including phenoxy) is 1. The fraction of sp³-hybridized carbons (Fsp3) is 0.588. The molecule has 0 aromatic heterocycles. The monoisotopic (exact) mass is 273 g/mol. The molecule has 3 nitrogen and oxygen atoms in total. The first-order valence-electron chi connectivity index (χ1n) is 7.73. The largest absolute Gasteiger partial charge is 0.466 e. The van der Waals surface area contributed by atoms with E-state index in [1.54, 1.807) is 0 Å². The number of hydrogen-bond donors (Lipinski definition) is 1. The molecule has 2 fully saturated rings. The predicted octanol–water partition coefficient (Wildman–Crippen LogP) is 2.75. The van der Waals surface area contributed by atoms with Crippen LogP contribution in [0.1, 0.15) is 31.7 Å². The molecule has 0 aliphatic heterocycles. The maximum atomic E-state index is 12.2. The average Bonchev–Trinajstić information content (AvgIpc) is 3.07. The van der Waals surface area contributed by atoms with Crippen LogP contribution in [0.5, 0.6) is 0 Å². The zero-order valence-electron chi connectivity index (χ0n) is 12.0. The molecule has 2 aliphatic rings. The number of carbonyl (C=O) groups is 1. The van der Waals surface area contributed by atoms with Crippen molar-refractivity contribution in [1.29, 1.82) is 0 Å². The molecule has 1 N–H and O–H groups in total. The Labute approximate surface area is 120 Å². The van der Waals surface area contributed by atoms with Crippen molar-refractivity contribution in [3.63, 3.8) is 0 Å². The zero-order chi connectivity index (χ0) is 13.9. The Morgan fingerprint density at radius 1 is 1.25 bits per heavy atom. The van der Waals surface area contributed by atoms with Gasteiger partial charge in [0, 0.05) is 12.6 Å². The van der Waals surface area contributed by atoms with Gasteiger partial charge in [-0.3, -0.25) is 4.79 Å². The Bertz CT molecular complexity index is 459. The molecule has 1 aromatic rings. The third kappa shape index (κ3) is 2.59. The van der Waals surface area contributed by atoms with Gasteiger partial charge in [0.15, 0.2) is 0 Å². The van der Waals surface area contributed by atoms with Crippen molar-refractivity contribution in [1.82, 2.24) is 5.32 Å². The summed E-state index contributed by atoms with van der Waals surface area (Å²) in [5, 5.41) is 3.62. The number of carbonyl (C=O) groups excluding carboxylic acids is 1. The van der Waals surface area contributed by atoms with Gasteiger partial charge < -0.3 is 10.1 Å². The predicted molar refractivity (Wildman–Crippen MR) is 78.0 cm³/mol. The van der Waals surface area contributed by atoms with E-state index in [4.69, 9.17) is 4.74 Å². The molecular formula is C17H23NO2. The molecule has 0 heterocycles. The van der Waals surface area contributed by atoms with Crippen molar-refractivity contribution in [3.8, 4) is 0 Å².